The van der Waals surface area contributed by atoms with Crippen molar-refractivity contribution < 1.29 is 23.5 Å². The molecule has 37 heavy (non-hydrogen) atoms. The lowest BCUT2D eigenvalue weighted by atomic mass is 9.77. The van der Waals surface area contributed by atoms with Crippen molar-refractivity contribution in [2.45, 2.75) is 65.1 Å². The Morgan fingerprint density at radius 3 is 2.59 bits per heavy atom. The van der Waals surface area contributed by atoms with Gasteiger partial charge in [0.25, 0.3) is 11.8 Å². The molecule has 2 heterocycles. The number of fused-ring (bicyclic) bond motifs is 1. The zero-order valence-corrected chi connectivity index (χ0v) is 22.0. The summed E-state index contributed by atoms with van der Waals surface area (Å²) in [5.41, 5.74) is 6.53. The molecule has 1 aliphatic heterocycles. The molecule has 4 rings (SSSR count). The van der Waals surface area contributed by atoms with Gasteiger partial charge in [-0.25, -0.2) is 9.37 Å². The van der Waals surface area contributed by atoms with E-state index in [4.69, 9.17) is 15.2 Å². The summed E-state index contributed by atoms with van der Waals surface area (Å²) < 4.78 is 25.6. The normalized spacial score (nSPS) is 25.5. The summed E-state index contributed by atoms with van der Waals surface area (Å²) in [6.45, 7) is 6.47. The Labute approximate surface area is 217 Å². The second-order valence-electron chi connectivity index (χ2n) is 10.5. The summed E-state index contributed by atoms with van der Waals surface area (Å²) in [5, 5.41) is 3.95. The number of hydrogen-bond acceptors (Lipinski definition) is 5. The van der Waals surface area contributed by atoms with Gasteiger partial charge in [0, 0.05) is 28.8 Å². The molecule has 2 fully saturated rings. The maximum Gasteiger partial charge on any atom is 0.255 e. The Kier molecular flexibility index (Phi) is 8.21. The third-order valence-electron chi connectivity index (χ3n) is 7.90. The summed E-state index contributed by atoms with van der Waals surface area (Å²) in [6, 6.07) is 2.87. The summed E-state index contributed by atoms with van der Waals surface area (Å²) in [4.78, 5) is 28.5. The van der Waals surface area contributed by atoms with Crippen LogP contribution in [0.25, 0.3) is 10.8 Å². The molecule has 0 spiro atoms. The van der Waals surface area contributed by atoms with Crippen molar-refractivity contribution in [1.82, 2.24) is 10.3 Å². The van der Waals surface area contributed by atoms with Gasteiger partial charge < -0.3 is 20.5 Å². The number of alkyl halides is 1. The zero-order valence-electron chi connectivity index (χ0n) is 22.0. The van der Waals surface area contributed by atoms with Crippen LogP contribution < -0.4 is 20.5 Å². The lowest BCUT2D eigenvalue weighted by Gasteiger charge is -2.28. The highest BCUT2D eigenvalue weighted by molar-refractivity contribution is 6.03. The van der Waals surface area contributed by atoms with Gasteiger partial charge in [0.15, 0.2) is 6.17 Å². The molecule has 3 unspecified atom stereocenters. The van der Waals surface area contributed by atoms with Crippen molar-refractivity contribution in [2.24, 2.45) is 29.4 Å². The summed E-state index contributed by atoms with van der Waals surface area (Å²) >= 11 is 0. The number of nitrogens with one attached hydrogen (secondary N) is 1. The predicted octanol–water partition coefficient (Wildman–Crippen LogP) is 4.40. The molecule has 2 aliphatic rings. The number of methoxy groups -OCH3 is 1. The molecule has 7 nitrogen and oxygen atoms in total. The minimum atomic E-state index is -1.55. The van der Waals surface area contributed by atoms with E-state index in [-0.39, 0.29) is 12.2 Å². The molecular formula is C29H36FN3O4. The lowest BCUT2D eigenvalue weighted by Crippen LogP contribution is -2.34. The number of benzene rings is 1. The van der Waals surface area contributed by atoms with Crippen molar-refractivity contribution in [2.75, 3.05) is 13.7 Å². The summed E-state index contributed by atoms with van der Waals surface area (Å²) in [5.74, 6) is 7.37. The molecule has 3 atom stereocenters. The summed E-state index contributed by atoms with van der Waals surface area (Å²) in [6.07, 6.45) is 5.10. The molecule has 2 aromatic rings. The van der Waals surface area contributed by atoms with E-state index < -0.39 is 29.9 Å². The maximum atomic E-state index is 14.2. The number of nitrogens with two attached hydrogens (primary N) is 1. The first-order valence-electron chi connectivity index (χ1n) is 13.1. The standard InChI is InChI=1S/C29H36FN3O4/c1-5-20-24(33-28(35)26(20)30)15-37-29-22-13-25(36-4)23(27(31)34)12-21(22)19(14-32-29)11-8-17-6-9-18(10-7-17)16(2)3/h12-14,16-18,20,24,26H,5-7,9-10,15H2,1-4H3,(H2,31,34)(H,33,35). The van der Waals surface area contributed by atoms with Gasteiger partial charge in [-0.05, 0) is 56.1 Å². The molecule has 8 heteroatoms. The maximum absolute atomic E-state index is 14.2. The first kappa shape index (κ1) is 26.7. The van der Waals surface area contributed by atoms with Gasteiger partial charge in [0.1, 0.15) is 12.4 Å². The van der Waals surface area contributed by atoms with E-state index in [1.165, 1.54) is 20.0 Å². The van der Waals surface area contributed by atoms with Gasteiger partial charge in [-0.3, -0.25) is 9.59 Å². The Balaban J connectivity index is 1.65. The number of hydrogen-bond donors (Lipinski definition) is 2. The molecule has 3 N–H and O–H groups in total. The first-order chi connectivity index (χ1) is 17.7. The van der Waals surface area contributed by atoms with Crippen LogP contribution in [0.15, 0.2) is 18.3 Å². The molecule has 1 saturated heterocycles. The number of halogens is 1. The van der Waals surface area contributed by atoms with E-state index in [9.17, 15) is 14.0 Å². The Hall–Kier alpha value is -3.34. The number of nitrogens with zero attached hydrogens (tertiary/aromatic N) is 1. The van der Waals surface area contributed by atoms with Crippen LogP contribution in [-0.4, -0.2) is 42.7 Å². The van der Waals surface area contributed by atoms with Crippen LogP contribution in [0.3, 0.4) is 0 Å². The van der Waals surface area contributed by atoms with Crippen LogP contribution in [0.4, 0.5) is 4.39 Å². The fraction of sp³-hybridized carbons (Fsp3) is 0.552. The SMILES string of the molecule is CCC1C(COc2ncc(C#CC3CCC(C(C)C)CC3)c3cc(C(N)=O)c(OC)cc23)NC(=O)C1F. The molecule has 1 aliphatic carbocycles. The molecule has 0 radical (unpaired) electrons. The van der Waals surface area contributed by atoms with E-state index in [1.807, 2.05) is 6.92 Å². The fourth-order valence-electron chi connectivity index (χ4n) is 5.52. The highest BCUT2D eigenvalue weighted by atomic mass is 19.1. The Bertz CT molecular complexity index is 1230. The zero-order chi connectivity index (χ0) is 26.7. The average Bonchev–Trinajstić information content (AvgIpc) is 3.17. The average molecular weight is 510 g/mol. The van der Waals surface area contributed by atoms with Gasteiger partial charge in [0.05, 0.1) is 24.3 Å². The molecule has 1 saturated carbocycles. The number of primary amides is 1. The van der Waals surface area contributed by atoms with Gasteiger partial charge in [-0.1, -0.05) is 32.6 Å². The summed E-state index contributed by atoms with van der Waals surface area (Å²) in [7, 11) is 1.46. The Morgan fingerprint density at radius 2 is 1.97 bits per heavy atom. The monoisotopic (exact) mass is 509 g/mol. The van der Waals surface area contributed by atoms with Crippen molar-refractivity contribution >= 4 is 22.6 Å². The highest BCUT2D eigenvalue weighted by Crippen LogP contribution is 2.35. The largest absolute Gasteiger partial charge is 0.496 e. The number of aromatic nitrogens is 1. The number of ether oxygens (including phenoxy) is 2. The number of pyridine rings is 1. The van der Waals surface area contributed by atoms with E-state index in [0.29, 0.717) is 46.2 Å². The number of carbonyl (C=O) groups excluding carboxylic acids is 2. The predicted molar refractivity (Wildman–Crippen MR) is 140 cm³/mol. The molecule has 0 bridgehead atoms. The molecule has 1 aromatic carbocycles. The second-order valence-corrected chi connectivity index (χ2v) is 10.5. The van der Waals surface area contributed by atoms with Crippen molar-refractivity contribution in [1.29, 1.82) is 0 Å². The number of carbonyl (C=O) groups is 2. The van der Waals surface area contributed by atoms with Crippen molar-refractivity contribution in [3.05, 3.63) is 29.5 Å². The van der Waals surface area contributed by atoms with Crippen LogP contribution >= 0.6 is 0 Å². The minimum absolute atomic E-state index is 0.0662. The first-order valence-corrected chi connectivity index (χ1v) is 13.1. The van der Waals surface area contributed by atoms with Crippen molar-refractivity contribution in [3.8, 4) is 23.5 Å². The van der Waals surface area contributed by atoms with Gasteiger partial charge in [-0.2, -0.15) is 0 Å². The number of amides is 2. The third-order valence-corrected chi connectivity index (χ3v) is 7.90. The van der Waals surface area contributed by atoms with Gasteiger partial charge >= 0.3 is 0 Å². The van der Waals surface area contributed by atoms with E-state index in [0.717, 1.165) is 18.8 Å². The quantitative estimate of drug-likeness (QED) is 0.539. The van der Waals surface area contributed by atoms with Gasteiger partial charge in [0.2, 0.25) is 5.88 Å². The van der Waals surface area contributed by atoms with Crippen LogP contribution in [-0.2, 0) is 4.79 Å². The smallest absolute Gasteiger partial charge is 0.255 e. The van der Waals surface area contributed by atoms with E-state index in [2.05, 4.69) is 36.0 Å². The second kappa shape index (κ2) is 11.4. The highest BCUT2D eigenvalue weighted by Gasteiger charge is 2.41. The van der Waals surface area contributed by atoms with E-state index in [1.54, 1.807) is 18.3 Å². The van der Waals surface area contributed by atoms with Crippen molar-refractivity contribution in [3.63, 3.8) is 0 Å². The van der Waals surface area contributed by atoms with E-state index >= 15 is 0 Å². The van der Waals surface area contributed by atoms with Crippen LogP contribution in [0, 0.1) is 35.5 Å². The molecule has 1 aromatic heterocycles. The molecule has 198 valence electrons. The van der Waals surface area contributed by atoms with Gasteiger partial charge in [-0.15, -0.1) is 0 Å². The molecule has 2 amide bonds. The van der Waals surface area contributed by atoms with Crippen LogP contribution in [0.5, 0.6) is 11.6 Å². The number of rotatable bonds is 7. The Morgan fingerprint density at radius 1 is 1.24 bits per heavy atom. The molecular weight excluding hydrogens is 473 g/mol. The topological polar surface area (TPSA) is 104 Å². The third kappa shape index (κ3) is 5.66. The minimum Gasteiger partial charge on any atom is -0.496 e. The van der Waals surface area contributed by atoms with Crippen LogP contribution in [0.1, 0.15) is 68.8 Å². The van der Waals surface area contributed by atoms with Crippen LogP contribution in [0.2, 0.25) is 0 Å². The fourth-order valence-corrected chi connectivity index (χ4v) is 5.52. The lowest BCUT2D eigenvalue weighted by molar-refractivity contribution is -0.123.